The molecule has 0 aromatic carbocycles. The summed E-state index contributed by atoms with van der Waals surface area (Å²) in [6.45, 7) is 0.104. The number of nitrogens with one attached hydrogen (secondary N) is 1. The Balaban J connectivity index is 2.08. The van der Waals surface area contributed by atoms with Crippen molar-refractivity contribution in [3.63, 3.8) is 0 Å². The van der Waals surface area contributed by atoms with Crippen molar-refractivity contribution in [2.75, 3.05) is 6.61 Å². The van der Waals surface area contributed by atoms with Crippen molar-refractivity contribution < 1.29 is 9.90 Å². The summed E-state index contributed by atoms with van der Waals surface area (Å²) in [6, 6.07) is 0.0718. The van der Waals surface area contributed by atoms with E-state index in [4.69, 9.17) is 5.11 Å². The van der Waals surface area contributed by atoms with Crippen LogP contribution in [0.3, 0.4) is 0 Å². The first-order valence-electron chi connectivity index (χ1n) is 3.24. The van der Waals surface area contributed by atoms with Gasteiger partial charge in [0.1, 0.15) is 0 Å². The first-order chi connectivity index (χ1) is 4.33. The molecular weight excluding hydrogens is 118 g/mol. The van der Waals surface area contributed by atoms with Crippen LogP contribution in [0.25, 0.3) is 0 Å². The van der Waals surface area contributed by atoms with Crippen LogP contribution < -0.4 is 5.32 Å². The van der Waals surface area contributed by atoms with Crippen LogP contribution in [0, 0.1) is 11.8 Å². The summed E-state index contributed by atoms with van der Waals surface area (Å²) in [5.74, 6) is 0.851. The van der Waals surface area contributed by atoms with E-state index in [1.54, 1.807) is 0 Å². The van der Waals surface area contributed by atoms with Crippen molar-refractivity contribution in [3.05, 3.63) is 0 Å². The second kappa shape index (κ2) is 1.48. The van der Waals surface area contributed by atoms with Crippen molar-refractivity contribution in [1.29, 1.82) is 0 Å². The molecule has 0 unspecified atom stereocenters. The molecule has 0 aromatic rings. The number of amides is 1. The zero-order chi connectivity index (χ0) is 6.43. The van der Waals surface area contributed by atoms with Gasteiger partial charge < -0.3 is 10.4 Å². The lowest BCUT2D eigenvalue weighted by atomic mass is 10.2. The molecule has 0 radical (unpaired) electrons. The predicted octanol–water partition coefficient (Wildman–Crippen LogP) is -0.887. The van der Waals surface area contributed by atoms with Gasteiger partial charge in [0.2, 0.25) is 5.91 Å². The molecule has 1 amide bonds. The quantitative estimate of drug-likeness (QED) is 0.480. The summed E-state index contributed by atoms with van der Waals surface area (Å²) in [5.41, 5.74) is 0. The molecule has 0 spiro atoms. The molecule has 0 bridgehead atoms. The highest BCUT2D eigenvalue weighted by Crippen LogP contribution is 2.45. The maximum absolute atomic E-state index is 10.8. The van der Waals surface area contributed by atoms with Crippen LogP contribution in [-0.4, -0.2) is 23.7 Å². The van der Waals surface area contributed by atoms with Gasteiger partial charge in [0.05, 0.1) is 12.6 Å². The minimum absolute atomic E-state index is 0.0718. The summed E-state index contributed by atoms with van der Waals surface area (Å²) < 4.78 is 0. The van der Waals surface area contributed by atoms with Gasteiger partial charge >= 0.3 is 0 Å². The Morgan fingerprint density at radius 2 is 2.56 bits per heavy atom. The van der Waals surface area contributed by atoms with E-state index < -0.39 is 0 Å². The zero-order valence-corrected chi connectivity index (χ0v) is 5.00. The first-order valence-corrected chi connectivity index (χ1v) is 3.24. The van der Waals surface area contributed by atoms with Crippen LogP contribution in [-0.2, 0) is 4.79 Å². The lowest BCUT2D eigenvalue weighted by Gasteiger charge is -2.07. The highest BCUT2D eigenvalue weighted by molar-refractivity contribution is 5.85. The van der Waals surface area contributed by atoms with Crippen LogP contribution in [0.5, 0.6) is 0 Å². The number of piperidine rings is 1. The van der Waals surface area contributed by atoms with Crippen molar-refractivity contribution in [2.24, 2.45) is 11.8 Å². The number of aliphatic hydroxyl groups is 1. The number of carbonyl (C=O) groups excluding carboxylic acids is 1. The molecule has 1 saturated heterocycles. The molecule has 1 aliphatic carbocycles. The average Bonchev–Trinajstić information content (AvgIpc) is 2.56. The van der Waals surface area contributed by atoms with E-state index in [0.29, 0.717) is 5.92 Å². The minimum atomic E-state index is 0.0718. The highest BCUT2D eigenvalue weighted by Gasteiger charge is 2.53. The summed E-state index contributed by atoms with van der Waals surface area (Å²) in [5, 5.41) is 11.4. The van der Waals surface area contributed by atoms with Gasteiger partial charge in [0.15, 0.2) is 0 Å². The fraction of sp³-hybridized carbons (Fsp3) is 0.833. The SMILES string of the molecule is O=C1N[C@H](CO)[C@@H]2C[C@@H]12. The molecule has 2 fully saturated rings. The highest BCUT2D eigenvalue weighted by atomic mass is 16.3. The second-order valence-electron chi connectivity index (χ2n) is 2.80. The lowest BCUT2D eigenvalue weighted by Crippen LogP contribution is -2.32. The molecule has 3 atom stereocenters. The Bertz CT molecular complexity index is 157. The monoisotopic (exact) mass is 127 g/mol. The van der Waals surface area contributed by atoms with Gasteiger partial charge in [-0.1, -0.05) is 0 Å². The standard InChI is InChI=1S/C6H9NO2/c8-2-5-3-1-4(3)6(9)7-5/h3-5,8H,1-2H2,(H,7,9)/t3-,4-,5-/m1/s1. The van der Waals surface area contributed by atoms with Gasteiger partial charge in [-0.05, 0) is 12.3 Å². The minimum Gasteiger partial charge on any atom is -0.394 e. The van der Waals surface area contributed by atoms with Crippen LogP contribution in [0.2, 0.25) is 0 Å². The molecule has 2 N–H and O–H groups in total. The Kier molecular flexibility index (Phi) is 0.858. The number of carbonyl (C=O) groups is 1. The van der Waals surface area contributed by atoms with E-state index >= 15 is 0 Å². The van der Waals surface area contributed by atoms with E-state index in [-0.39, 0.29) is 24.5 Å². The third-order valence-electron chi connectivity index (χ3n) is 2.22. The molecule has 9 heavy (non-hydrogen) atoms. The van der Waals surface area contributed by atoms with E-state index in [0.717, 1.165) is 6.42 Å². The van der Waals surface area contributed by atoms with Crippen molar-refractivity contribution in [2.45, 2.75) is 12.5 Å². The van der Waals surface area contributed by atoms with E-state index in [9.17, 15) is 4.79 Å². The van der Waals surface area contributed by atoms with E-state index in [2.05, 4.69) is 5.32 Å². The topological polar surface area (TPSA) is 49.3 Å². The Morgan fingerprint density at radius 3 is 2.78 bits per heavy atom. The van der Waals surface area contributed by atoms with Crippen LogP contribution in [0.4, 0.5) is 0 Å². The van der Waals surface area contributed by atoms with Crippen LogP contribution in [0.15, 0.2) is 0 Å². The Morgan fingerprint density at radius 1 is 1.78 bits per heavy atom. The molecule has 3 nitrogen and oxygen atoms in total. The first kappa shape index (κ1) is 5.23. The molecule has 1 saturated carbocycles. The summed E-state index contributed by atoms with van der Waals surface area (Å²) >= 11 is 0. The van der Waals surface area contributed by atoms with Crippen LogP contribution >= 0.6 is 0 Å². The third kappa shape index (κ3) is 0.580. The Labute approximate surface area is 53.1 Å². The number of rotatable bonds is 1. The lowest BCUT2D eigenvalue weighted by molar-refractivity contribution is -0.121. The number of aliphatic hydroxyl groups excluding tert-OH is 1. The Hall–Kier alpha value is -0.570. The normalized spacial score (nSPS) is 46.3. The summed E-state index contributed by atoms with van der Waals surface area (Å²) in [4.78, 5) is 10.8. The van der Waals surface area contributed by atoms with Gasteiger partial charge in [-0.25, -0.2) is 0 Å². The molecule has 0 aromatic heterocycles. The molecule has 2 rings (SSSR count). The van der Waals surface area contributed by atoms with Gasteiger partial charge in [-0.2, -0.15) is 0 Å². The smallest absolute Gasteiger partial charge is 0.223 e. The summed E-state index contributed by atoms with van der Waals surface area (Å²) in [7, 11) is 0. The molecule has 1 heterocycles. The molecular formula is C6H9NO2. The fourth-order valence-electron chi connectivity index (χ4n) is 1.54. The van der Waals surface area contributed by atoms with Gasteiger partial charge in [0, 0.05) is 5.92 Å². The summed E-state index contributed by atoms with van der Waals surface area (Å²) in [6.07, 6.45) is 0.997. The van der Waals surface area contributed by atoms with Gasteiger partial charge in [-0.15, -0.1) is 0 Å². The van der Waals surface area contributed by atoms with E-state index in [1.807, 2.05) is 0 Å². The molecule has 3 heteroatoms. The van der Waals surface area contributed by atoms with Crippen molar-refractivity contribution >= 4 is 5.91 Å². The van der Waals surface area contributed by atoms with Crippen LogP contribution in [0.1, 0.15) is 6.42 Å². The number of fused-ring (bicyclic) bond motifs is 1. The number of hydrogen-bond donors (Lipinski definition) is 2. The third-order valence-corrected chi connectivity index (χ3v) is 2.22. The van der Waals surface area contributed by atoms with Crippen molar-refractivity contribution in [1.82, 2.24) is 5.32 Å². The molecule has 2 aliphatic rings. The maximum atomic E-state index is 10.8. The molecule has 1 aliphatic heterocycles. The second-order valence-corrected chi connectivity index (χ2v) is 2.80. The number of hydrogen-bond acceptors (Lipinski definition) is 2. The van der Waals surface area contributed by atoms with Crippen molar-refractivity contribution in [3.8, 4) is 0 Å². The molecule has 50 valence electrons. The van der Waals surface area contributed by atoms with E-state index in [1.165, 1.54) is 0 Å². The zero-order valence-electron chi connectivity index (χ0n) is 5.00. The largest absolute Gasteiger partial charge is 0.394 e. The van der Waals surface area contributed by atoms with Gasteiger partial charge in [-0.3, -0.25) is 4.79 Å². The average molecular weight is 127 g/mol. The maximum Gasteiger partial charge on any atom is 0.223 e. The fourth-order valence-corrected chi connectivity index (χ4v) is 1.54. The predicted molar refractivity (Wildman–Crippen MR) is 30.6 cm³/mol. The van der Waals surface area contributed by atoms with Gasteiger partial charge in [0.25, 0.3) is 0 Å².